The maximum atomic E-state index is 12.1. The second-order valence-corrected chi connectivity index (χ2v) is 12.2. The molecule has 1 unspecified atom stereocenters. The molecular weight excluding hydrogens is 556 g/mol. The van der Waals surface area contributed by atoms with Gasteiger partial charge in [0.15, 0.2) is 23.0 Å². The monoisotopic (exact) mass is 598 g/mol. The van der Waals surface area contributed by atoms with Crippen molar-refractivity contribution in [1.29, 1.82) is 0 Å². The van der Waals surface area contributed by atoms with Crippen molar-refractivity contribution in [1.82, 2.24) is 9.97 Å². The lowest BCUT2D eigenvalue weighted by Gasteiger charge is -2.28. The molecule has 0 saturated heterocycles. The van der Waals surface area contributed by atoms with Crippen LogP contribution in [-0.2, 0) is 16.6 Å². The van der Waals surface area contributed by atoms with Crippen LogP contribution in [0, 0.1) is 0 Å². The fourth-order valence-electron chi connectivity index (χ4n) is 6.14. The van der Waals surface area contributed by atoms with Crippen molar-refractivity contribution in [3.8, 4) is 45.3 Å². The average Bonchev–Trinajstić information content (AvgIpc) is 3.61. The van der Waals surface area contributed by atoms with Crippen molar-refractivity contribution in [3.63, 3.8) is 0 Å². The first-order chi connectivity index (χ1) is 20.9. The minimum Gasteiger partial charge on any atom is -0.504 e. The summed E-state index contributed by atoms with van der Waals surface area (Å²) < 4.78 is 23.8. The number of methoxy groups -OCH3 is 4. The van der Waals surface area contributed by atoms with Crippen LogP contribution in [0.1, 0.15) is 39.0 Å². The van der Waals surface area contributed by atoms with Gasteiger partial charge in [-0.3, -0.25) is 0 Å². The topological polar surface area (TPSA) is 109 Å². The van der Waals surface area contributed by atoms with Crippen LogP contribution in [0.4, 0.5) is 0 Å². The fraction of sp³-hybridized carbons (Fsp3) is 0.333. The van der Waals surface area contributed by atoms with Crippen LogP contribution in [0.3, 0.4) is 0 Å². The highest BCUT2D eigenvalue weighted by molar-refractivity contribution is 6.07. The van der Waals surface area contributed by atoms with Gasteiger partial charge in [-0.25, -0.2) is 0 Å². The number of fused-ring (bicyclic) bond motifs is 2. The fourth-order valence-corrected chi connectivity index (χ4v) is 6.14. The number of rotatable bonds is 11. The smallest absolute Gasteiger partial charge is 0.173 e. The highest BCUT2D eigenvalue weighted by Gasteiger charge is 2.35. The molecule has 232 valence electrons. The second-order valence-electron chi connectivity index (χ2n) is 12.2. The van der Waals surface area contributed by atoms with E-state index in [0.29, 0.717) is 34.6 Å². The van der Waals surface area contributed by atoms with E-state index in [2.05, 4.69) is 30.4 Å². The summed E-state index contributed by atoms with van der Waals surface area (Å²) in [4.78, 5) is 6.97. The number of hydrogen-bond donors (Lipinski definition) is 4. The summed E-state index contributed by atoms with van der Waals surface area (Å²) in [6.45, 7) is 11.7. The molecule has 0 fully saturated rings. The first kappa shape index (κ1) is 31.0. The Balaban J connectivity index is 1.82. The third-order valence-electron chi connectivity index (χ3n) is 8.61. The van der Waals surface area contributed by atoms with Crippen molar-refractivity contribution in [2.75, 3.05) is 28.4 Å². The molecule has 0 aliphatic rings. The molecule has 1 atom stereocenters. The standard InChI is InChI=1S/C36H42N2O6/c1-10-35(2,3)34-26(22-15-11-12-17-24(22)38-34)28-31(42-7)30(39)27(32(43-8)33(28)44-9)23-19-37-29-20(14-13-16-21(23)29)18-25(41-6)36(4,5)40/h10-17,19,25,37-40H,1,18H2,2-9H3. The molecule has 8 heteroatoms. The van der Waals surface area contributed by atoms with E-state index in [-0.39, 0.29) is 11.5 Å². The molecule has 0 aliphatic heterocycles. The zero-order valence-electron chi connectivity index (χ0n) is 26.7. The Bertz CT molecular complexity index is 1840. The quantitative estimate of drug-likeness (QED) is 0.117. The van der Waals surface area contributed by atoms with Crippen LogP contribution in [0.25, 0.3) is 44.1 Å². The van der Waals surface area contributed by atoms with E-state index < -0.39 is 17.1 Å². The number of hydrogen-bond acceptors (Lipinski definition) is 6. The van der Waals surface area contributed by atoms with Gasteiger partial charge in [0.1, 0.15) is 0 Å². The largest absolute Gasteiger partial charge is 0.504 e. The summed E-state index contributed by atoms with van der Waals surface area (Å²) in [6.07, 6.45) is 3.79. The van der Waals surface area contributed by atoms with Crippen LogP contribution in [0.15, 0.2) is 61.3 Å². The van der Waals surface area contributed by atoms with Gasteiger partial charge in [-0.1, -0.05) is 56.3 Å². The Hall–Kier alpha value is -4.40. The van der Waals surface area contributed by atoms with Crippen LogP contribution in [-0.4, -0.2) is 60.3 Å². The molecule has 8 nitrogen and oxygen atoms in total. The minimum atomic E-state index is -1.04. The van der Waals surface area contributed by atoms with Gasteiger partial charge in [0.2, 0.25) is 0 Å². The van der Waals surface area contributed by atoms with Gasteiger partial charge >= 0.3 is 0 Å². The predicted molar refractivity (Wildman–Crippen MR) is 176 cm³/mol. The van der Waals surface area contributed by atoms with Crippen LogP contribution >= 0.6 is 0 Å². The number of phenolic OH excluding ortho intramolecular Hbond substituents is 1. The third kappa shape index (κ3) is 4.98. The Labute approximate surface area is 258 Å². The number of aromatic amines is 2. The van der Waals surface area contributed by atoms with Crippen molar-refractivity contribution in [3.05, 3.63) is 72.6 Å². The van der Waals surface area contributed by atoms with Gasteiger partial charge < -0.3 is 39.1 Å². The molecule has 0 radical (unpaired) electrons. The van der Waals surface area contributed by atoms with Crippen molar-refractivity contribution in [2.24, 2.45) is 0 Å². The number of aromatic hydroxyl groups is 1. The molecule has 0 bridgehead atoms. The zero-order valence-corrected chi connectivity index (χ0v) is 26.7. The number of aliphatic hydroxyl groups is 1. The Morgan fingerprint density at radius 1 is 0.841 bits per heavy atom. The summed E-state index contributed by atoms with van der Waals surface area (Å²) >= 11 is 0. The summed E-state index contributed by atoms with van der Waals surface area (Å²) in [6, 6.07) is 13.9. The number of phenols is 1. The van der Waals surface area contributed by atoms with Crippen molar-refractivity contribution >= 4 is 21.8 Å². The lowest BCUT2D eigenvalue weighted by atomic mass is 9.83. The van der Waals surface area contributed by atoms with E-state index in [1.807, 2.05) is 54.7 Å². The van der Waals surface area contributed by atoms with Gasteiger partial charge in [0.05, 0.1) is 44.2 Å². The van der Waals surface area contributed by atoms with Gasteiger partial charge in [-0.2, -0.15) is 0 Å². The van der Waals surface area contributed by atoms with Gasteiger partial charge in [-0.15, -0.1) is 6.58 Å². The van der Waals surface area contributed by atoms with Crippen molar-refractivity contribution < 1.29 is 29.2 Å². The van der Waals surface area contributed by atoms with E-state index >= 15 is 0 Å². The van der Waals surface area contributed by atoms with Gasteiger partial charge in [0, 0.05) is 63.8 Å². The molecule has 4 N–H and O–H groups in total. The summed E-state index contributed by atoms with van der Waals surface area (Å²) in [5, 5.41) is 24.5. The van der Waals surface area contributed by atoms with E-state index in [9.17, 15) is 10.2 Å². The normalized spacial score (nSPS) is 12.9. The molecule has 0 aliphatic carbocycles. The van der Waals surface area contributed by atoms with Crippen LogP contribution in [0.2, 0.25) is 0 Å². The molecule has 2 aromatic heterocycles. The highest BCUT2D eigenvalue weighted by Crippen LogP contribution is 2.59. The molecule has 0 saturated carbocycles. The number of aromatic nitrogens is 2. The molecule has 3 aromatic carbocycles. The molecule has 2 heterocycles. The van der Waals surface area contributed by atoms with E-state index in [4.69, 9.17) is 18.9 Å². The SMILES string of the molecule is C=CC(C)(C)c1[nH]c2ccccc2c1-c1c(OC)c(O)c(-c2c[nH]c3c(CC(OC)C(C)(C)O)cccc23)c(OC)c1OC. The third-order valence-corrected chi connectivity index (χ3v) is 8.61. The van der Waals surface area contributed by atoms with E-state index in [1.165, 1.54) is 7.11 Å². The zero-order chi connectivity index (χ0) is 32.0. The molecule has 44 heavy (non-hydrogen) atoms. The van der Waals surface area contributed by atoms with Gasteiger partial charge in [-0.05, 0) is 25.5 Å². The van der Waals surface area contributed by atoms with Crippen molar-refractivity contribution in [2.45, 2.75) is 51.2 Å². The lowest BCUT2D eigenvalue weighted by molar-refractivity contribution is -0.0687. The van der Waals surface area contributed by atoms with E-state index in [1.54, 1.807) is 35.2 Å². The molecule has 0 amide bonds. The minimum absolute atomic E-state index is 0.0784. The molecule has 0 spiro atoms. The predicted octanol–water partition coefficient (Wildman–Crippen LogP) is 7.51. The van der Waals surface area contributed by atoms with Crippen LogP contribution in [0.5, 0.6) is 23.0 Å². The first-order valence-electron chi connectivity index (χ1n) is 14.6. The Morgan fingerprint density at radius 2 is 1.48 bits per heavy atom. The number of allylic oxidation sites excluding steroid dienone is 1. The number of ether oxygens (including phenoxy) is 4. The Morgan fingerprint density at radius 3 is 2.09 bits per heavy atom. The number of nitrogens with one attached hydrogen (secondary N) is 2. The second kappa shape index (κ2) is 11.6. The molecular formula is C36H42N2O6. The summed E-state index contributed by atoms with van der Waals surface area (Å²) in [5.41, 5.74) is 4.72. The Kier molecular flexibility index (Phi) is 8.18. The maximum Gasteiger partial charge on any atom is 0.173 e. The first-order valence-corrected chi connectivity index (χ1v) is 14.6. The number of H-pyrrole nitrogens is 2. The maximum absolute atomic E-state index is 12.1. The summed E-state index contributed by atoms with van der Waals surface area (Å²) in [7, 11) is 6.29. The molecule has 5 aromatic rings. The summed E-state index contributed by atoms with van der Waals surface area (Å²) in [5.74, 6) is 0.974. The number of benzene rings is 3. The van der Waals surface area contributed by atoms with E-state index in [0.717, 1.165) is 38.6 Å². The highest BCUT2D eigenvalue weighted by atomic mass is 16.5. The van der Waals surface area contributed by atoms with Gasteiger partial charge in [0.25, 0.3) is 0 Å². The average molecular weight is 599 g/mol. The number of para-hydroxylation sites is 2. The molecule has 5 rings (SSSR count). The van der Waals surface area contributed by atoms with Crippen LogP contribution < -0.4 is 14.2 Å². The lowest BCUT2D eigenvalue weighted by Crippen LogP contribution is -2.39.